The molecule has 3 nitrogen and oxygen atoms in total. The molecular weight excluding hydrogens is 222 g/mol. The summed E-state index contributed by atoms with van der Waals surface area (Å²) in [5.74, 6) is 0.963. The number of amidine groups is 1. The molecule has 0 saturated carbocycles. The molecule has 0 fully saturated rings. The number of hydrogen-bond acceptors (Lipinski definition) is 3. The fraction of sp³-hybridized carbons (Fsp3) is 0.467. The molecule has 2 rings (SSSR count). The third-order valence-corrected chi connectivity index (χ3v) is 2.36. The lowest BCUT2D eigenvalue weighted by Gasteiger charge is -2.22. The minimum atomic E-state index is 0.833. The summed E-state index contributed by atoms with van der Waals surface area (Å²) < 4.78 is 0. The van der Waals surface area contributed by atoms with E-state index in [1.54, 1.807) is 0 Å². The largest absolute Gasteiger partial charge is 0.356 e. The van der Waals surface area contributed by atoms with Crippen LogP contribution >= 0.6 is 0 Å². The number of likely N-dealkylation sites (N-methyl/N-ethyl adjacent to an activating group) is 1. The summed E-state index contributed by atoms with van der Waals surface area (Å²) in [7, 11) is 2.02. The van der Waals surface area contributed by atoms with E-state index >= 15 is 0 Å². The van der Waals surface area contributed by atoms with Gasteiger partial charge in [0, 0.05) is 7.05 Å². The smallest absolute Gasteiger partial charge is 0.124 e. The predicted molar refractivity (Wildman–Crippen MR) is 81.4 cm³/mol. The van der Waals surface area contributed by atoms with Crippen LogP contribution in [-0.4, -0.2) is 30.0 Å². The summed E-state index contributed by atoms with van der Waals surface area (Å²) in [4.78, 5) is 2.09. The summed E-state index contributed by atoms with van der Waals surface area (Å²) >= 11 is 0. The molecule has 0 aliphatic carbocycles. The van der Waals surface area contributed by atoms with Crippen LogP contribution in [0.3, 0.4) is 0 Å². The predicted octanol–water partition coefficient (Wildman–Crippen LogP) is 3.81. The number of benzene rings is 1. The molecule has 0 bridgehead atoms. The summed E-state index contributed by atoms with van der Waals surface area (Å²) in [6.07, 6.45) is 0. The molecule has 1 aliphatic rings. The fourth-order valence-corrected chi connectivity index (χ4v) is 1.36. The Kier molecular flexibility index (Phi) is 8.54. The quantitative estimate of drug-likeness (QED) is 0.741. The molecule has 1 aliphatic heterocycles. The maximum absolute atomic E-state index is 4.19. The Balaban J connectivity index is 0.000000659. The van der Waals surface area contributed by atoms with Crippen LogP contribution in [-0.2, 0) is 0 Å². The second-order valence-electron chi connectivity index (χ2n) is 3.42. The average molecular weight is 247 g/mol. The Hall–Kier alpha value is -1.64. The molecule has 3 heteroatoms. The lowest BCUT2D eigenvalue weighted by Crippen LogP contribution is -2.33. The standard InChI is InChI=1S/C11H13N3.2C2H6/c1-9-12-13-11(8-14(9)2)10-6-4-3-5-7-10;2*1-2/h3-7H,8H2,1-2H3;2*1-2H3. The Morgan fingerprint density at radius 2 is 1.50 bits per heavy atom. The Morgan fingerprint density at radius 3 is 2.00 bits per heavy atom. The first-order valence-corrected chi connectivity index (χ1v) is 6.65. The molecule has 0 unspecified atom stereocenters. The van der Waals surface area contributed by atoms with E-state index in [-0.39, 0.29) is 0 Å². The summed E-state index contributed by atoms with van der Waals surface area (Å²) in [6.45, 7) is 10.8. The van der Waals surface area contributed by atoms with Gasteiger partial charge in [-0.25, -0.2) is 0 Å². The summed E-state index contributed by atoms with van der Waals surface area (Å²) in [5.41, 5.74) is 2.18. The van der Waals surface area contributed by atoms with Crippen LogP contribution in [0.5, 0.6) is 0 Å². The molecule has 0 spiro atoms. The zero-order chi connectivity index (χ0) is 14.0. The highest BCUT2D eigenvalue weighted by Crippen LogP contribution is 2.07. The van der Waals surface area contributed by atoms with Gasteiger partial charge in [-0.15, -0.1) is 5.10 Å². The average Bonchev–Trinajstić information content (AvgIpc) is 2.47. The van der Waals surface area contributed by atoms with Crippen LogP contribution in [0, 0.1) is 0 Å². The van der Waals surface area contributed by atoms with E-state index in [9.17, 15) is 0 Å². The molecular formula is C15H25N3. The summed E-state index contributed by atoms with van der Waals surface area (Å²) in [6, 6.07) is 10.2. The lowest BCUT2D eigenvalue weighted by molar-refractivity contribution is 0.563. The van der Waals surface area contributed by atoms with Crippen LogP contribution < -0.4 is 0 Å². The first kappa shape index (κ1) is 16.4. The van der Waals surface area contributed by atoms with Gasteiger partial charge in [0.2, 0.25) is 0 Å². The number of nitrogens with zero attached hydrogens (tertiary/aromatic N) is 3. The monoisotopic (exact) mass is 247 g/mol. The molecule has 0 N–H and O–H groups in total. The van der Waals surface area contributed by atoms with Crippen molar-refractivity contribution in [3.63, 3.8) is 0 Å². The van der Waals surface area contributed by atoms with Gasteiger partial charge in [-0.1, -0.05) is 58.0 Å². The zero-order valence-electron chi connectivity index (χ0n) is 12.4. The zero-order valence-corrected chi connectivity index (χ0v) is 12.4. The second-order valence-corrected chi connectivity index (χ2v) is 3.42. The van der Waals surface area contributed by atoms with Gasteiger partial charge in [0.05, 0.1) is 12.3 Å². The molecule has 100 valence electrons. The molecule has 1 heterocycles. The van der Waals surface area contributed by atoms with E-state index in [4.69, 9.17) is 0 Å². The van der Waals surface area contributed by atoms with Crippen LogP contribution in [0.15, 0.2) is 40.5 Å². The minimum Gasteiger partial charge on any atom is -0.356 e. The van der Waals surface area contributed by atoms with Crippen molar-refractivity contribution in [3.05, 3.63) is 35.9 Å². The summed E-state index contributed by atoms with van der Waals surface area (Å²) in [5, 5.41) is 8.29. The van der Waals surface area contributed by atoms with Crippen LogP contribution in [0.2, 0.25) is 0 Å². The molecule has 0 atom stereocenters. The van der Waals surface area contributed by atoms with E-state index < -0.39 is 0 Å². The lowest BCUT2D eigenvalue weighted by atomic mass is 10.1. The first-order valence-electron chi connectivity index (χ1n) is 6.65. The van der Waals surface area contributed by atoms with Crippen molar-refractivity contribution in [3.8, 4) is 0 Å². The SMILES string of the molecule is CC.CC.CC1=NN=C(c2ccccc2)CN1C. The van der Waals surface area contributed by atoms with Crippen molar-refractivity contribution in [1.82, 2.24) is 4.90 Å². The molecule has 0 aromatic heterocycles. The highest BCUT2D eigenvalue weighted by molar-refractivity contribution is 6.05. The van der Waals surface area contributed by atoms with Gasteiger partial charge in [-0.3, -0.25) is 0 Å². The van der Waals surface area contributed by atoms with Gasteiger partial charge < -0.3 is 4.90 Å². The van der Waals surface area contributed by atoms with Crippen molar-refractivity contribution in [1.29, 1.82) is 0 Å². The van der Waals surface area contributed by atoms with Gasteiger partial charge in [0.25, 0.3) is 0 Å². The van der Waals surface area contributed by atoms with Crippen LogP contribution in [0.1, 0.15) is 40.2 Å². The topological polar surface area (TPSA) is 28.0 Å². The fourth-order valence-electron chi connectivity index (χ4n) is 1.36. The van der Waals surface area contributed by atoms with Gasteiger partial charge in [0.15, 0.2) is 0 Å². The van der Waals surface area contributed by atoms with E-state index in [1.807, 2.05) is 59.9 Å². The molecule has 0 saturated heterocycles. The molecule has 1 aromatic rings. The van der Waals surface area contributed by atoms with Crippen molar-refractivity contribution < 1.29 is 0 Å². The van der Waals surface area contributed by atoms with E-state index in [2.05, 4.69) is 27.2 Å². The van der Waals surface area contributed by atoms with Gasteiger partial charge in [0.1, 0.15) is 5.84 Å². The second kappa shape index (κ2) is 9.40. The normalized spacial score (nSPS) is 13.3. The van der Waals surface area contributed by atoms with Crippen molar-refractivity contribution in [2.75, 3.05) is 13.6 Å². The van der Waals surface area contributed by atoms with Gasteiger partial charge in [-0.05, 0) is 12.5 Å². The number of rotatable bonds is 1. The van der Waals surface area contributed by atoms with E-state index in [1.165, 1.54) is 0 Å². The minimum absolute atomic E-state index is 0.833. The third kappa shape index (κ3) is 4.70. The molecule has 0 radical (unpaired) electrons. The van der Waals surface area contributed by atoms with Gasteiger partial charge in [-0.2, -0.15) is 5.10 Å². The highest BCUT2D eigenvalue weighted by Gasteiger charge is 2.12. The Bertz CT molecular complexity index is 380. The molecule has 0 amide bonds. The van der Waals surface area contributed by atoms with E-state index in [0.29, 0.717) is 0 Å². The Labute approximate surface area is 111 Å². The third-order valence-electron chi connectivity index (χ3n) is 2.36. The van der Waals surface area contributed by atoms with Crippen molar-refractivity contribution in [2.45, 2.75) is 34.6 Å². The van der Waals surface area contributed by atoms with Crippen molar-refractivity contribution >= 4 is 11.5 Å². The molecule has 1 aromatic carbocycles. The Morgan fingerprint density at radius 1 is 0.944 bits per heavy atom. The van der Waals surface area contributed by atoms with E-state index in [0.717, 1.165) is 23.7 Å². The highest BCUT2D eigenvalue weighted by atomic mass is 15.3. The maximum atomic E-state index is 4.19. The first-order chi connectivity index (χ1) is 8.77. The van der Waals surface area contributed by atoms with Crippen LogP contribution in [0.25, 0.3) is 0 Å². The van der Waals surface area contributed by atoms with Gasteiger partial charge >= 0.3 is 0 Å². The van der Waals surface area contributed by atoms with Crippen molar-refractivity contribution in [2.24, 2.45) is 10.2 Å². The number of hydrogen-bond donors (Lipinski definition) is 0. The molecule has 18 heavy (non-hydrogen) atoms. The van der Waals surface area contributed by atoms with Crippen LogP contribution in [0.4, 0.5) is 0 Å². The maximum Gasteiger partial charge on any atom is 0.124 e.